The van der Waals surface area contributed by atoms with Crippen molar-refractivity contribution >= 4 is 6.09 Å². The lowest BCUT2D eigenvalue weighted by Gasteiger charge is -2.34. The molecule has 0 aliphatic heterocycles. The van der Waals surface area contributed by atoms with E-state index in [2.05, 4.69) is 19.0 Å². The number of carbonyl (C=O) groups excluding carboxylic acids is 1. The molecule has 1 aromatic carbocycles. The summed E-state index contributed by atoms with van der Waals surface area (Å²) in [6, 6.07) is 3.13. The molecule has 0 atom stereocenters. The lowest BCUT2D eigenvalue weighted by atomic mass is 9.92. The van der Waals surface area contributed by atoms with Gasteiger partial charge in [0.25, 0.3) is 0 Å². The van der Waals surface area contributed by atoms with E-state index in [0.29, 0.717) is 0 Å². The number of benzene rings is 1. The van der Waals surface area contributed by atoms with Crippen LogP contribution in [0, 0.1) is 11.6 Å². The van der Waals surface area contributed by atoms with E-state index in [1.165, 1.54) is 11.0 Å². The van der Waals surface area contributed by atoms with Gasteiger partial charge in [0.1, 0.15) is 5.75 Å². The fraction of sp³-hybridized carbons (Fsp3) is 0.650. The standard InChI is InChI=1S/C20H30F2N2O3/c1-23(2)12-4-5-13-26-16-8-6-15(7-9-16)24(3)20(25)27-17-10-11-18(21)19(22)14-17/h10-11,14-16H,4-9,12-13H2,1-3H3. The molecule has 152 valence electrons. The Kier molecular flexibility index (Phi) is 8.44. The maximum absolute atomic E-state index is 13.2. The van der Waals surface area contributed by atoms with Crippen LogP contribution in [0.5, 0.6) is 5.75 Å². The predicted molar refractivity (Wildman–Crippen MR) is 99.9 cm³/mol. The molecule has 0 aromatic heterocycles. The second kappa shape index (κ2) is 10.6. The van der Waals surface area contributed by atoms with Crippen LogP contribution in [0.2, 0.25) is 0 Å². The monoisotopic (exact) mass is 384 g/mol. The molecule has 0 heterocycles. The second-order valence-corrected chi connectivity index (χ2v) is 7.37. The van der Waals surface area contributed by atoms with Crippen molar-refractivity contribution in [1.82, 2.24) is 9.80 Å². The van der Waals surface area contributed by atoms with Gasteiger partial charge in [0.15, 0.2) is 11.6 Å². The van der Waals surface area contributed by atoms with Crippen molar-refractivity contribution in [3.63, 3.8) is 0 Å². The van der Waals surface area contributed by atoms with Gasteiger partial charge in [0, 0.05) is 25.8 Å². The number of carbonyl (C=O) groups is 1. The van der Waals surface area contributed by atoms with Crippen LogP contribution in [-0.4, -0.2) is 62.3 Å². The number of rotatable bonds is 8. The normalized spacial score (nSPS) is 19.9. The van der Waals surface area contributed by atoms with E-state index < -0.39 is 17.7 Å². The minimum Gasteiger partial charge on any atom is -0.410 e. The van der Waals surface area contributed by atoms with Gasteiger partial charge in [0.2, 0.25) is 0 Å². The van der Waals surface area contributed by atoms with Crippen molar-refractivity contribution in [2.45, 2.75) is 50.7 Å². The third-order valence-corrected chi connectivity index (χ3v) is 4.93. The Balaban J connectivity index is 1.69. The van der Waals surface area contributed by atoms with E-state index >= 15 is 0 Å². The van der Waals surface area contributed by atoms with Gasteiger partial charge < -0.3 is 19.3 Å². The summed E-state index contributed by atoms with van der Waals surface area (Å²) >= 11 is 0. The van der Waals surface area contributed by atoms with Crippen molar-refractivity contribution in [2.24, 2.45) is 0 Å². The van der Waals surface area contributed by atoms with E-state index in [0.717, 1.165) is 63.8 Å². The maximum Gasteiger partial charge on any atom is 0.415 e. The number of nitrogens with zero attached hydrogens (tertiary/aromatic N) is 2. The highest BCUT2D eigenvalue weighted by Gasteiger charge is 2.28. The molecule has 0 saturated heterocycles. The zero-order chi connectivity index (χ0) is 19.8. The third kappa shape index (κ3) is 7.07. The second-order valence-electron chi connectivity index (χ2n) is 7.37. The average molecular weight is 384 g/mol. The SMILES string of the molecule is CN(C)CCCCOC1CCC(N(C)C(=O)Oc2ccc(F)c(F)c2)CC1. The van der Waals surface area contributed by atoms with E-state index in [-0.39, 0.29) is 17.9 Å². The summed E-state index contributed by atoms with van der Waals surface area (Å²) in [4.78, 5) is 15.9. The van der Waals surface area contributed by atoms with Crippen LogP contribution in [-0.2, 0) is 4.74 Å². The van der Waals surface area contributed by atoms with Gasteiger partial charge >= 0.3 is 6.09 Å². The Morgan fingerprint density at radius 2 is 1.78 bits per heavy atom. The van der Waals surface area contributed by atoms with Crippen molar-refractivity contribution in [1.29, 1.82) is 0 Å². The van der Waals surface area contributed by atoms with Crippen LogP contribution in [0.15, 0.2) is 18.2 Å². The Hall–Kier alpha value is -1.73. The topological polar surface area (TPSA) is 42.0 Å². The summed E-state index contributed by atoms with van der Waals surface area (Å²) in [5, 5.41) is 0. The van der Waals surface area contributed by atoms with Gasteiger partial charge in [-0.05, 0) is 71.3 Å². The van der Waals surface area contributed by atoms with E-state index in [4.69, 9.17) is 9.47 Å². The number of amides is 1. The zero-order valence-electron chi connectivity index (χ0n) is 16.4. The summed E-state index contributed by atoms with van der Waals surface area (Å²) in [6.07, 6.45) is 5.35. The summed E-state index contributed by atoms with van der Waals surface area (Å²) < 4.78 is 37.3. The van der Waals surface area contributed by atoms with Crippen molar-refractivity contribution in [3.05, 3.63) is 29.8 Å². The van der Waals surface area contributed by atoms with Crippen LogP contribution in [0.3, 0.4) is 0 Å². The Labute approximate surface area is 160 Å². The lowest BCUT2D eigenvalue weighted by molar-refractivity contribution is 0.0102. The summed E-state index contributed by atoms with van der Waals surface area (Å²) in [7, 11) is 5.81. The summed E-state index contributed by atoms with van der Waals surface area (Å²) in [5.41, 5.74) is 0. The fourth-order valence-corrected chi connectivity index (χ4v) is 3.24. The average Bonchev–Trinajstić information content (AvgIpc) is 2.64. The van der Waals surface area contributed by atoms with Gasteiger partial charge in [-0.3, -0.25) is 0 Å². The molecule has 1 aromatic rings. The van der Waals surface area contributed by atoms with Crippen molar-refractivity contribution in [2.75, 3.05) is 34.3 Å². The number of ether oxygens (including phenoxy) is 2. The molecular weight excluding hydrogens is 354 g/mol. The highest BCUT2D eigenvalue weighted by atomic mass is 19.2. The molecule has 27 heavy (non-hydrogen) atoms. The molecule has 0 N–H and O–H groups in total. The first-order chi connectivity index (χ1) is 12.9. The Morgan fingerprint density at radius 1 is 1.07 bits per heavy atom. The molecule has 0 bridgehead atoms. The molecule has 5 nitrogen and oxygen atoms in total. The van der Waals surface area contributed by atoms with Crippen LogP contribution in [0.25, 0.3) is 0 Å². The molecular formula is C20H30F2N2O3. The molecule has 1 aliphatic rings. The molecule has 1 saturated carbocycles. The fourth-order valence-electron chi connectivity index (χ4n) is 3.24. The van der Waals surface area contributed by atoms with E-state index in [1.807, 2.05) is 0 Å². The maximum atomic E-state index is 13.2. The summed E-state index contributed by atoms with van der Waals surface area (Å²) in [6.45, 7) is 1.85. The highest BCUT2D eigenvalue weighted by molar-refractivity contribution is 5.70. The van der Waals surface area contributed by atoms with Gasteiger partial charge in [0.05, 0.1) is 6.10 Å². The smallest absolute Gasteiger partial charge is 0.410 e. The molecule has 1 fully saturated rings. The van der Waals surface area contributed by atoms with Crippen molar-refractivity contribution in [3.8, 4) is 5.75 Å². The van der Waals surface area contributed by atoms with Crippen LogP contribution >= 0.6 is 0 Å². The van der Waals surface area contributed by atoms with Gasteiger partial charge in [-0.25, -0.2) is 13.6 Å². The molecule has 7 heteroatoms. The zero-order valence-corrected chi connectivity index (χ0v) is 16.4. The number of halogens is 2. The predicted octanol–water partition coefficient (Wildman–Crippen LogP) is 4.07. The molecule has 0 spiro atoms. The molecule has 1 amide bonds. The van der Waals surface area contributed by atoms with Gasteiger partial charge in [-0.15, -0.1) is 0 Å². The Bertz CT molecular complexity index is 605. The molecule has 0 radical (unpaired) electrons. The van der Waals surface area contributed by atoms with Crippen LogP contribution < -0.4 is 4.74 Å². The molecule has 1 aliphatic carbocycles. The first-order valence-electron chi connectivity index (χ1n) is 9.53. The summed E-state index contributed by atoms with van der Waals surface area (Å²) in [5.74, 6) is -2.00. The van der Waals surface area contributed by atoms with E-state index in [1.54, 1.807) is 7.05 Å². The number of unbranched alkanes of at least 4 members (excludes halogenated alkanes) is 1. The molecule has 2 rings (SSSR count). The van der Waals surface area contributed by atoms with Gasteiger partial charge in [-0.2, -0.15) is 0 Å². The highest BCUT2D eigenvalue weighted by Crippen LogP contribution is 2.25. The lowest BCUT2D eigenvalue weighted by Crippen LogP contribution is -2.42. The minimum atomic E-state index is -1.04. The van der Waals surface area contributed by atoms with Crippen LogP contribution in [0.4, 0.5) is 13.6 Å². The quantitative estimate of drug-likeness (QED) is 0.634. The third-order valence-electron chi connectivity index (χ3n) is 4.93. The largest absolute Gasteiger partial charge is 0.415 e. The van der Waals surface area contributed by atoms with Gasteiger partial charge in [-0.1, -0.05) is 0 Å². The first kappa shape index (κ1) is 21.6. The number of hydrogen-bond acceptors (Lipinski definition) is 4. The first-order valence-corrected chi connectivity index (χ1v) is 9.53. The van der Waals surface area contributed by atoms with Crippen LogP contribution in [0.1, 0.15) is 38.5 Å². The van der Waals surface area contributed by atoms with E-state index in [9.17, 15) is 13.6 Å². The van der Waals surface area contributed by atoms with Crippen molar-refractivity contribution < 1.29 is 23.0 Å². The molecule has 0 unspecified atom stereocenters. The minimum absolute atomic E-state index is 0.000457. The Morgan fingerprint density at radius 3 is 2.41 bits per heavy atom. The number of hydrogen-bond donors (Lipinski definition) is 0.